The van der Waals surface area contributed by atoms with Crippen molar-refractivity contribution < 1.29 is 0 Å². The highest BCUT2D eigenvalue weighted by Gasteiger charge is 2.23. The average Bonchev–Trinajstić information content (AvgIpc) is 2.64. The van der Waals surface area contributed by atoms with Crippen molar-refractivity contribution in [2.24, 2.45) is 5.73 Å². The molecule has 0 aliphatic heterocycles. The Labute approximate surface area is 125 Å². The Morgan fingerprint density at radius 3 is 2.55 bits per heavy atom. The summed E-state index contributed by atoms with van der Waals surface area (Å²) >= 11 is 6.11. The third-order valence-corrected chi connectivity index (χ3v) is 4.02. The molecule has 2 atom stereocenters. The van der Waals surface area contributed by atoms with Crippen LogP contribution < -0.4 is 5.73 Å². The molecule has 1 heterocycles. The van der Waals surface area contributed by atoms with Crippen molar-refractivity contribution in [3.63, 3.8) is 0 Å². The third-order valence-electron chi connectivity index (χ3n) is 3.78. The highest BCUT2D eigenvalue weighted by Crippen LogP contribution is 2.27. The molecule has 0 bridgehead atoms. The van der Waals surface area contributed by atoms with Gasteiger partial charge in [0.15, 0.2) is 0 Å². The lowest BCUT2D eigenvalue weighted by Crippen LogP contribution is -2.31. The normalized spacial score (nSPS) is 14.3. The second kappa shape index (κ2) is 5.98. The average molecular weight is 292 g/mol. The Kier molecular flexibility index (Phi) is 4.51. The lowest BCUT2D eigenvalue weighted by Gasteiger charge is -2.23. The van der Waals surface area contributed by atoms with Gasteiger partial charge in [-0.25, -0.2) is 0 Å². The number of nitrogens with two attached hydrogens (primary N) is 1. The van der Waals surface area contributed by atoms with E-state index in [4.69, 9.17) is 22.4 Å². The fourth-order valence-electron chi connectivity index (χ4n) is 2.84. The maximum atomic E-state index is 6.22. The maximum absolute atomic E-state index is 6.22. The number of hydrogen-bond donors (Lipinski definition) is 1. The minimum Gasteiger partial charge on any atom is -0.326 e. The van der Waals surface area contributed by atoms with Gasteiger partial charge in [0.05, 0.1) is 11.7 Å². The minimum atomic E-state index is -0.0452. The quantitative estimate of drug-likeness (QED) is 0.934. The molecule has 4 heteroatoms. The largest absolute Gasteiger partial charge is 0.326 e. The zero-order chi connectivity index (χ0) is 14.9. The van der Waals surface area contributed by atoms with E-state index in [0.717, 1.165) is 22.7 Å². The van der Waals surface area contributed by atoms with Gasteiger partial charge in [0, 0.05) is 16.8 Å². The van der Waals surface area contributed by atoms with E-state index in [-0.39, 0.29) is 12.1 Å². The molecule has 0 spiro atoms. The summed E-state index contributed by atoms with van der Waals surface area (Å²) in [4.78, 5) is 0. The number of rotatable bonds is 4. The highest BCUT2D eigenvalue weighted by atomic mass is 35.5. The summed E-state index contributed by atoms with van der Waals surface area (Å²) < 4.78 is 2.05. The van der Waals surface area contributed by atoms with Crippen LogP contribution in [-0.2, 0) is 6.42 Å². The molecule has 0 fully saturated rings. The monoisotopic (exact) mass is 291 g/mol. The predicted octanol–water partition coefficient (Wildman–Crippen LogP) is 3.65. The molecule has 1 aromatic heterocycles. The van der Waals surface area contributed by atoms with E-state index >= 15 is 0 Å². The molecular formula is C16H22ClN3. The molecule has 0 radical (unpaired) electrons. The molecule has 1 aromatic carbocycles. The number of aryl methyl sites for hydroxylation is 1. The van der Waals surface area contributed by atoms with Crippen molar-refractivity contribution in [3.8, 4) is 0 Å². The van der Waals surface area contributed by atoms with Gasteiger partial charge in [0.25, 0.3) is 0 Å². The van der Waals surface area contributed by atoms with Gasteiger partial charge < -0.3 is 5.73 Å². The number of halogens is 1. The number of benzene rings is 1. The molecule has 2 N–H and O–H groups in total. The Morgan fingerprint density at radius 1 is 1.35 bits per heavy atom. The number of nitrogens with zero attached hydrogens (tertiary/aromatic N) is 2. The van der Waals surface area contributed by atoms with E-state index in [1.54, 1.807) is 0 Å². The topological polar surface area (TPSA) is 43.8 Å². The Bertz CT molecular complexity index is 602. The van der Waals surface area contributed by atoms with Crippen LogP contribution in [0.2, 0.25) is 5.02 Å². The van der Waals surface area contributed by atoms with Crippen LogP contribution in [0.15, 0.2) is 24.3 Å². The van der Waals surface area contributed by atoms with Gasteiger partial charge in [-0.05, 0) is 50.5 Å². The molecule has 2 aromatic rings. The van der Waals surface area contributed by atoms with Crippen molar-refractivity contribution >= 4 is 11.6 Å². The van der Waals surface area contributed by atoms with Crippen LogP contribution in [0, 0.1) is 13.8 Å². The van der Waals surface area contributed by atoms with Crippen LogP contribution in [0.4, 0.5) is 0 Å². The van der Waals surface area contributed by atoms with Crippen LogP contribution in [0.1, 0.15) is 42.4 Å². The maximum Gasteiger partial charge on any atom is 0.0920 e. The first-order valence-corrected chi connectivity index (χ1v) is 7.39. The molecule has 0 aliphatic carbocycles. The third kappa shape index (κ3) is 2.74. The predicted molar refractivity (Wildman–Crippen MR) is 84.3 cm³/mol. The summed E-state index contributed by atoms with van der Waals surface area (Å²) in [6.07, 6.45) is 0.985. The first-order valence-electron chi connectivity index (χ1n) is 7.01. The molecule has 20 heavy (non-hydrogen) atoms. The Morgan fingerprint density at radius 2 is 2.05 bits per heavy atom. The van der Waals surface area contributed by atoms with Crippen LogP contribution in [0.25, 0.3) is 0 Å². The summed E-state index contributed by atoms with van der Waals surface area (Å²) in [5, 5.41) is 5.43. The zero-order valence-electron chi connectivity index (χ0n) is 12.5. The second-order valence-electron chi connectivity index (χ2n) is 5.31. The van der Waals surface area contributed by atoms with Crippen molar-refractivity contribution in [2.45, 2.75) is 46.2 Å². The van der Waals surface area contributed by atoms with Crippen LogP contribution >= 0.6 is 11.6 Å². The van der Waals surface area contributed by atoms with Crippen LogP contribution in [0.5, 0.6) is 0 Å². The van der Waals surface area contributed by atoms with E-state index in [1.165, 1.54) is 11.3 Å². The van der Waals surface area contributed by atoms with Gasteiger partial charge in [-0.2, -0.15) is 5.10 Å². The summed E-state index contributed by atoms with van der Waals surface area (Å²) in [6, 6.07) is 7.82. The van der Waals surface area contributed by atoms with E-state index < -0.39 is 0 Å². The highest BCUT2D eigenvalue weighted by molar-refractivity contribution is 6.30. The van der Waals surface area contributed by atoms with E-state index in [1.807, 2.05) is 29.8 Å². The smallest absolute Gasteiger partial charge is 0.0920 e. The molecule has 0 aliphatic rings. The van der Waals surface area contributed by atoms with Gasteiger partial charge >= 0.3 is 0 Å². The molecule has 2 unspecified atom stereocenters. The van der Waals surface area contributed by atoms with Crippen LogP contribution in [-0.4, -0.2) is 15.8 Å². The van der Waals surface area contributed by atoms with Gasteiger partial charge in [0.2, 0.25) is 0 Å². The van der Waals surface area contributed by atoms with Gasteiger partial charge in [0.1, 0.15) is 0 Å². The molecule has 0 saturated carbocycles. The Hall–Kier alpha value is -1.32. The first kappa shape index (κ1) is 15.1. The number of aromatic nitrogens is 2. The van der Waals surface area contributed by atoms with Gasteiger partial charge in [-0.1, -0.05) is 30.7 Å². The van der Waals surface area contributed by atoms with Crippen molar-refractivity contribution in [1.82, 2.24) is 9.78 Å². The molecule has 2 rings (SSSR count). The fraction of sp³-hybridized carbons (Fsp3) is 0.438. The van der Waals surface area contributed by atoms with Gasteiger partial charge in [-0.15, -0.1) is 0 Å². The summed E-state index contributed by atoms with van der Waals surface area (Å²) in [7, 11) is 0. The minimum absolute atomic E-state index is 0.00713. The molecule has 108 valence electrons. The van der Waals surface area contributed by atoms with E-state index in [2.05, 4.69) is 26.8 Å². The van der Waals surface area contributed by atoms with Crippen molar-refractivity contribution in [1.29, 1.82) is 0 Å². The molecular weight excluding hydrogens is 270 g/mol. The summed E-state index contributed by atoms with van der Waals surface area (Å²) in [6.45, 7) is 8.33. The van der Waals surface area contributed by atoms with Gasteiger partial charge in [-0.3, -0.25) is 4.68 Å². The lowest BCUT2D eigenvalue weighted by atomic mass is 10.0. The molecule has 0 amide bonds. The van der Waals surface area contributed by atoms with E-state index in [0.29, 0.717) is 0 Å². The van der Waals surface area contributed by atoms with E-state index in [9.17, 15) is 0 Å². The fourth-order valence-corrected chi connectivity index (χ4v) is 3.04. The van der Waals surface area contributed by atoms with Crippen LogP contribution in [0.3, 0.4) is 0 Å². The molecule has 0 saturated heterocycles. The lowest BCUT2D eigenvalue weighted by molar-refractivity contribution is 0.443. The standard InChI is InChI=1S/C16H22ClN3/c1-5-15-11(3)19-20(12(15)4)16(10(2)18)13-7-6-8-14(17)9-13/h6-10,16H,5,18H2,1-4H3. The summed E-state index contributed by atoms with van der Waals surface area (Å²) in [5.41, 5.74) is 10.9. The number of hydrogen-bond acceptors (Lipinski definition) is 2. The SMILES string of the molecule is CCc1c(C)nn(C(c2cccc(Cl)c2)C(C)N)c1C. The molecule has 3 nitrogen and oxygen atoms in total. The summed E-state index contributed by atoms with van der Waals surface area (Å²) in [5.74, 6) is 0. The second-order valence-corrected chi connectivity index (χ2v) is 5.74. The Balaban J connectivity index is 2.55. The van der Waals surface area contributed by atoms with Crippen molar-refractivity contribution in [3.05, 3.63) is 51.8 Å². The van der Waals surface area contributed by atoms with Crippen molar-refractivity contribution in [2.75, 3.05) is 0 Å². The zero-order valence-corrected chi connectivity index (χ0v) is 13.3. The first-order chi connectivity index (χ1) is 9.45.